The predicted octanol–water partition coefficient (Wildman–Crippen LogP) is 3.33. The van der Waals surface area contributed by atoms with E-state index in [1.165, 1.54) is 11.3 Å². The first-order valence-electron chi connectivity index (χ1n) is 8.78. The van der Waals surface area contributed by atoms with Gasteiger partial charge in [-0.3, -0.25) is 9.56 Å². The van der Waals surface area contributed by atoms with Crippen molar-refractivity contribution in [3.63, 3.8) is 0 Å². The van der Waals surface area contributed by atoms with Gasteiger partial charge in [0.15, 0.2) is 5.96 Å². The van der Waals surface area contributed by atoms with E-state index in [1.54, 1.807) is 6.20 Å². The minimum atomic E-state index is 0. The van der Waals surface area contributed by atoms with Crippen molar-refractivity contribution in [1.82, 2.24) is 19.9 Å². The summed E-state index contributed by atoms with van der Waals surface area (Å²) in [5, 5.41) is 3.49. The van der Waals surface area contributed by atoms with E-state index in [2.05, 4.69) is 55.5 Å². The smallest absolute Gasteiger partial charge is 0.198 e. The topological polar surface area (TPSA) is 58.3 Å². The Hall–Kier alpha value is -2.42. The van der Waals surface area contributed by atoms with Gasteiger partial charge in [-0.2, -0.15) is 0 Å². The maximum atomic E-state index is 4.55. The first-order valence-corrected chi connectivity index (χ1v) is 8.78. The van der Waals surface area contributed by atoms with Crippen molar-refractivity contribution in [3.05, 3.63) is 71.9 Å². The van der Waals surface area contributed by atoms with Crippen LogP contribution in [0, 0.1) is 6.92 Å². The van der Waals surface area contributed by atoms with Crippen LogP contribution in [0.2, 0.25) is 0 Å². The van der Waals surface area contributed by atoms with Gasteiger partial charge in [0.05, 0.1) is 0 Å². The molecule has 0 atom stereocenters. The van der Waals surface area contributed by atoms with Crippen LogP contribution < -0.4 is 10.2 Å². The number of guanidine groups is 1. The molecule has 0 saturated heterocycles. The van der Waals surface area contributed by atoms with Crippen molar-refractivity contribution in [2.75, 3.05) is 18.5 Å². The predicted molar refractivity (Wildman–Crippen MR) is 119 cm³/mol. The highest BCUT2D eigenvalue weighted by Gasteiger charge is 2.22. The van der Waals surface area contributed by atoms with E-state index in [-0.39, 0.29) is 24.0 Å². The monoisotopic (exact) mass is 474 g/mol. The van der Waals surface area contributed by atoms with Gasteiger partial charge in [-0.25, -0.2) is 9.97 Å². The van der Waals surface area contributed by atoms with Gasteiger partial charge in [0, 0.05) is 50.0 Å². The SMILES string of the molecule is CN=C(NCc1cccnc1-n1ccnc1C)N1CCc2ccccc21.I. The Morgan fingerprint density at radius 3 is 2.78 bits per heavy atom. The largest absolute Gasteiger partial charge is 0.352 e. The highest BCUT2D eigenvalue weighted by molar-refractivity contribution is 14.0. The van der Waals surface area contributed by atoms with Crippen LogP contribution in [0.1, 0.15) is 17.0 Å². The first-order chi connectivity index (χ1) is 12.8. The van der Waals surface area contributed by atoms with Crippen LogP contribution in [0.5, 0.6) is 0 Å². The van der Waals surface area contributed by atoms with Gasteiger partial charge in [0.2, 0.25) is 0 Å². The molecule has 1 aliphatic rings. The summed E-state index contributed by atoms with van der Waals surface area (Å²) in [5.41, 5.74) is 3.70. The highest BCUT2D eigenvalue weighted by Crippen LogP contribution is 2.27. The van der Waals surface area contributed by atoms with Crippen molar-refractivity contribution < 1.29 is 0 Å². The second kappa shape index (κ2) is 8.51. The van der Waals surface area contributed by atoms with Crippen molar-refractivity contribution >= 4 is 35.6 Å². The number of aryl methyl sites for hydroxylation is 1. The van der Waals surface area contributed by atoms with Crippen LogP contribution in [-0.2, 0) is 13.0 Å². The summed E-state index contributed by atoms with van der Waals surface area (Å²) >= 11 is 0. The third kappa shape index (κ3) is 3.83. The summed E-state index contributed by atoms with van der Waals surface area (Å²) in [5.74, 6) is 2.70. The van der Waals surface area contributed by atoms with Crippen LogP contribution in [0.4, 0.5) is 5.69 Å². The van der Waals surface area contributed by atoms with E-state index >= 15 is 0 Å². The van der Waals surface area contributed by atoms with Gasteiger partial charge >= 0.3 is 0 Å². The third-order valence-electron chi connectivity index (χ3n) is 4.71. The fourth-order valence-corrected chi connectivity index (χ4v) is 3.41. The molecule has 27 heavy (non-hydrogen) atoms. The third-order valence-corrected chi connectivity index (χ3v) is 4.71. The van der Waals surface area contributed by atoms with E-state index in [9.17, 15) is 0 Å². The Labute approximate surface area is 176 Å². The maximum absolute atomic E-state index is 4.55. The van der Waals surface area contributed by atoms with Crippen LogP contribution in [0.15, 0.2) is 60.0 Å². The number of imidazole rings is 1. The molecule has 3 heterocycles. The van der Waals surface area contributed by atoms with Gasteiger partial charge in [0.25, 0.3) is 0 Å². The number of benzene rings is 1. The Balaban J connectivity index is 0.00000210. The lowest BCUT2D eigenvalue weighted by molar-refractivity contribution is 0.833. The van der Waals surface area contributed by atoms with Crippen LogP contribution in [-0.4, -0.2) is 34.1 Å². The lowest BCUT2D eigenvalue weighted by Gasteiger charge is -2.23. The van der Waals surface area contributed by atoms with Crippen molar-refractivity contribution in [1.29, 1.82) is 0 Å². The molecule has 3 aromatic rings. The number of aliphatic imine (C=N–C) groups is 1. The molecule has 1 aliphatic heterocycles. The van der Waals surface area contributed by atoms with Crippen LogP contribution in [0.25, 0.3) is 5.82 Å². The second-order valence-electron chi connectivity index (χ2n) is 6.26. The fraction of sp³-hybridized carbons (Fsp3) is 0.250. The number of nitrogens with one attached hydrogen (secondary N) is 1. The van der Waals surface area contributed by atoms with Gasteiger partial charge in [-0.1, -0.05) is 24.3 Å². The zero-order valence-electron chi connectivity index (χ0n) is 15.5. The molecule has 0 amide bonds. The zero-order chi connectivity index (χ0) is 17.9. The minimum absolute atomic E-state index is 0. The fourth-order valence-electron chi connectivity index (χ4n) is 3.41. The number of hydrogen-bond donors (Lipinski definition) is 1. The lowest BCUT2D eigenvalue weighted by atomic mass is 10.2. The number of halogens is 1. The average Bonchev–Trinajstić information content (AvgIpc) is 3.29. The number of fused-ring (bicyclic) bond motifs is 1. The molecule has 140 valence electrons. The number of aromatic nitrogens is 3. The van der Waals surface area contributed by atoms with E-state index in [1.807, 2.05) is 37.0 Å². The molecule has 0 unspecified atom stereocenters. The molecular weight excluding hydrogens is 451 g/mol. The molecule has 7 heteroatoms. The molecule has 1 N–H and O–H groups in total. The summed E-state index contributed by atoms with van der Waals surface area (Å²) in [6.07, 6.45) is 6.58. The van der Waals surface area contributed by atoms with Crippen LogP contribution >= 0.6 is 24.0 Å². The molecule has 1 aromatic carbocycles. The molecule has 0 radical (unpaired) electrons. The van der Waals surface area contributed by atoms with E-state index < -0.39 is 0 Å². The standard InChI is InChI=1S/C20H22N6.HI/c1-15-22-11-13-25(15)19-17(7-5-10-23-19)14-24-20(21-2)26-12-9-16-6-3-4-8-18(16)26;/h3-8,10-11,13H,9,12,14H2,1-2H3,(H,21,24);1H. The Morgan fingerprint density at radius 1 is 1.15 bits per heavy atom. The molecule has 0 saturated carbocycles. The summed E-state index contributed by atoms with van der Waals surface area (Å²) in [6.45, 7) is 3.57. The highest BCUT2D eigenvalue weighted by atomic mass is 127. The van der Waals surface area contributed by atoms with Crippen molar-refractivity contribution in [2.24, 2.45) is 4.99 Å². The number of hydrogen-bond acceptors (Lipinski definition) is 3. The molecular formula is C20H23IN6. The quantitative estimate of drug-likeness (QED) is 0.360. The minimum Gasteiger partial charge on any atom is -0.352 e. The number of pyridine rings is 1. The van der Waals surface area contributed by atoms with E-state index in [4.69, 9.17) is 0 Å². The molecule has 0 spiro atoms. The number of para-hydroxylation sites is 1. The maximum Gasteiger partial charge on any atom is 0.198 e. The van der Waals surface area contributed by atoms with E-state index in [0.29, 0.717) is 6.54 Å². The van der Waals surface area contributed by atoms with Crippen LogP contribution in [0.3, 0.4) is 0 Å². The molecule has 0 fully saturated rings. The van der Waals surface area contributed by atoms with Gasteiger partial charge in [-0.15, -0.1) is 24.0 Å². The zero-order valence-corrected chi connectivity index (χ0v) is 17.8. The lowest BCUT2D eigenvalue weighted by Crippen LogP contribution is -2.40. The number of anilines is 1. The average molecular weight is 474 g/mol. The molecule has 6 nitrogen and oxygen atoms in total. The van der Waals surface area contributed by atoms with Gasteiger partial charge < -0.3 is 10.2 Å². The molecule has 0 bridgehead atoms. The summed E-state index contributed by atoms with van der Waals surface area (Å²) < 4.78 is 2.00. The molecule has 0 aliphatic carbocycles. The normalized spacial score (nSPS) is 13.3. The van der Waals surface area contributed by atoms with Gasteiger partial charge in [-0.05, 0) is 31.0 Å². The van der Waals surface area contributed by atoms with Crippen molar-refractivity contribution in [3.8, 4) is 5.82 Å². The summed E-state index contributed by atoms with van der Waals surface area (Å²) in [7, 11) is 1.83. The van der Waals surface area contributed by atoms with Crippen molar-refractivity contribution in [2.45, 2.75) is 19.9 Å². The second-order valence-corrected chi connectivity index (χ2v) is 6.26. The Bertz CT molecular complexity index is 949. The number of nitrogens with zero attached hydrogens (tertiary/aromatic N) is 5. The Kier molecular flexibility index (Phi) is 6.10. The molecule has 2 aromatic heterocycles. The first kappa shape index (κ1) is 19.3. The van der Waals surface area contributed by atoms with Gasteiger partial charge in [0.1, 0.15) is 11.6 Å². The number of rotatable bonds is 3. The van der Waals surface area contributed by atoms with E-state index in [0.717, 1.165) is 36.1 Å². The summed E-state index contributed by atoms with van der Waals surface area (Å²) in [6, 6.07) is 12.5. The Morgan fingerprint density at radius 2 is 2.00 bits per heavy atom. The molecule has 4 rings (SSSR count). The summed E-state index contributed by atoms with van der Waals surface area (Å²) in [4.78, 5) is 15.6.